The summed E-state index contributed by atoms with van der Waals surface area (Å²) >= 11 is 0. The number of rotatable bonds is 8. The highest BCUT2D eigenvalue weighted by molar-refractivity contribution is 14.0. The summed E-state index contributed by atoms with van der Waals surface area (Å²) in [5, 5.41) is 9.26. The zero-order chi connectivity index (χ0) is 21.2. The molecule has 0 aliphatic carbocycles. The van der Waals surface area contributed by atoms with E-state index >= 15 is 0 Å². The van der Waals surface area contributed by atoms with Crippen molar-refractivity contribution in [3.63, 3.8) is 0 Å². The van der Waals surface area contributed by atoms with E-state index in [2.05, 4.69) is 20.9 Å². The Labute approximate surface area is 194 Å². The molecule has 0 saturated heterocycles. The maximum atomic E-state index is 13.8. The van der Waals surface area contributed by atoms with Gasteiger partial charge in [-0.3, -0.25) is 9.79 Å². The van der Waals surface area contributed by atoms with Gasteiger partial charge in [0.1, 0.15) is 11.6 Å². The fraction of sp³-hybridized carbons (Fsp3) is 0.364. The van der Waals surface area contributed by atoms with Crippen molar-refractivity contribution in [3.8, 4) is 5.75 Å². The van der Waals surface area contributed by atoms with Crippen LogP contribution in [-0.2, 0) is 0 Å². The molecule has 2 aromatic rings. The van der Waals surface area contributed by atoms with Crippen molar-refractivity contribution in [3.05, 3.63) is 65.0 Å². The van der Waals surface area contributed by atoms with E-state index in [4.69, 9.17) is 4.74 Å². The quantitative estimate of drug-likeness (QED) is 0.211. The van der Waals surface area contributed by atoms with Crippen molar-refractivity contribution < 1.29 is 13.9 Å². The number of hydrogen-bond donors (Lipinski definition) is 3. The van der Waals surface area contributed by atoms with Gasteiger partial charge in [-0.25, -0.2) is 4.39 Å². The van der Waals surface area contributed by atoms with Crippen molar-refractivity contribution >= 4 is 35.8 Å². The van der Waals surface area contributed by atoms with Crippen LogP contribution in [0.1, 0.15) is 41.4 Å². The lowest BCUT2D eigenvalue weighted by Gasteiger charge is -2.18. The third-order valence-corrected chi connectivity index (χ3v) is 4.39. The highest BCUT2D eigenvalue weighted by atomic mass is 127. The fourth-order valence-corrected chi connectivity index (χ4v) is 2.69. The summed E-state index contributed by atoms with van der Waals surface area (Å²) in [5.41, 5.74) is 1.99. The predicted octanol–water partition coefficient (Wildman–Crippen LogP) is 3.81. The molecule has 0 saturated carbocycles. The van der Waals surface area contributed by atoms with Crippen LogP contribution in [-0.4, -0.2) is 38.6 Å². The molecule has 0 bridgehead atoms. The molecule has 0 spiro atoms. The fourth-order valence-electron chi connectivity index (χ4n) is 2.69. The monoisotopic (exact) mass is 528 g/mol. The van der Waals surface area contributed by atoms with Crippen molar-refractivity contribution in [2.24, 2.45) is 4.99 Å². The van der Waals surface area contributed by atoms with Gasteiger partial charge < -0.3 is 20.7 Å². The maximum Gasteiger partial charge on any atom is 0.251 e. The van der Waals surface area contributed by atoms with E-state index < -0.39 is 0 Å². The summed E-state index contributed by atoms with van der Waals surface area (Å²) < 4.78 is 18.9. The van der Waals surface area contributed by atoms with Gasteiger partial charge in [0.25, 0.3) is 5.91 Å². The highest BCUT2D eigenvalue weighted by Gasteiger charge is 2.10. The molecule has 1 unspecified atom stereocenters. The minimum atomic E-state index is -0.224. The Morgan fingerprint density at radius 2 is 1.97 bits per heavy atom. The van der Waals surface area contributed by atoms with Crippen molar-refractivity contribution in [2.75, 3.05) is 26.7 Å². The SMILES string of the molecule is CCNC(=NCCNC(=O)c1cccc(OC)c1)NC(C)c1ccc(C)c(F)c1.I. The minimum absolute atomic E-state index is 0. The zero-order valence-electron chi connectivity index (χ0n) is 17.8. The molecule has 30 heavy (non-hydrogen) atoms. The van der Waals surface area contributed by atoms with Crippen LogP contribution >= 0.6 is 24.0 Å². The number of nitrogens with zero attached hydrogens (tertiary/aromatic N) is 1. The summed E-state index contributed by atoms with van der Waals surface area (Å²) in [6, 6.07) is 12.1. The number of amides is 1. The van der Waals surface area contributed by atoms with Crippen molar-refractivity contribution in [2.45, 2.75) is 26.8 Å². The van der Waals surface area contributed by atoms with E-state index in [0.717, 1.165) is 5.56 Å². The Kier molecular flexibility index (Phi) is 11.2. The van der Waals surface area contributed by atoms with E-state index in [0.29, 0.717) is 42.5 Å². The van der Waals surface area contributed by atoms with Crippen molar-refractivity contribution in [1.29, 1.82) is 0 Å². The van der Waals surface area contributed by atoms with Crippen LogP contribution in [0.15, 0.2) is 47.5 Å². The summed E-state index contributed by atoms with van der Waals surface area (Å²) in [7, 11) is 1.56. The first-order valence-electron chi connectivity index (χ1n) is 9.67. The van der Waals surface area contributed by atoms with Crippen molar-refractivity contribution in [1.82, 2.24) is 16.0 Å². The highest BCUT2D eigenvalue weighted by Crippen LogP contribution is 2.16. The largest absolute Gasteiger partial charge is 0.497 e. The Hall–Kier alpha value is -2.36. The number of benzene rings is 2. The van der Waals surface area contributed by atoms with Crippen LogP contribution in [0.2, 0.25) is 0 Å². The zero-order valence-corrected chi connectivity index (χ0v) is 20.1. The molecule has 0 fully saturated rings. The second-order valence-corrected chi connectivity index (χ2v) is 6.62. The van der Waals surface area contributed by atoms with Gasteiger partial charge in [0, 0.05) is 18.7 Å². The molecule has 8 heteroatoms. The average Bonchev–Trinajstić information content (AvgIpc) is 2.73. The lowest BCUT2D eigenvalue weighted by atomic mass is 10.1. The van der Waals surface area contributed by atoms with Gasteiger partial charge in [-0.15, -0.1) is 24.0 Å². The number of halogens is 2. The summed E-state index contributed by atoms with van der Waals surface area (Å²) in [6.45, 7) is 7.14. The molecule has 164 valence electrons. The number of guanidine groups is 1. The number of aryl methyl sites for hydroxylation is 1. The molecular formula is C22H30FIN4O2. The van der Waals surface area contributed by atoms with Crippen LogP contribution in [0.3, 0.4) is 0 Å². The molecule has 1 amide bonds. The maximum absolute atomic E-state index is 13.8. The molecular weight excluding hydrogens is 498 g/mol. The molecule has 0 aliphatic rings. The minimum Gasteiger partial charge on any atom is -0.497 e. The molecule has 0 radical (unpaired) electrons. The van der Waals surface area contributed by atoms with Gasteiger partial charge in [0.15, 0.2) is 5.96 Å². The predicted molar refractivity (Wildman–Crippen MR) is 129 cm³/mol. The number of methoxy groups -OCH3 is 1. The average molecular weight is 528 g/mol. The number of ether oxygens (including phenoxy) is 1. The van der Waals surface area contributed by atoms with Gasteiger partial charge in [0.2, 0.25) is 0 Å². The summed E-state index contributed by atoms with van der Waals surface area (Å²) in [4.78, 5) is 16.7. The van der Waals surface area contributed by atoms with Crippen LogP contribution in [0.5, 0.6) is 5.75 Å². The van der Waals surface area contributed by atoms with E-state index in [-0.39, 0.29) is 41.7 Å². The molecule has 2 rings (SSSR count). The number of carbonyl (C=O) groups excluding carboxylic acids is 1. The van der Waals surface area contributed by atoms with Crippen LogP contribution in [0.25, 0.3) is 0 Å². The number of nitrogens with one attached hydrogen (secondary N) is 3. The van der Waals surface area contributed by atoms with E-state index in [1.165, 1.54) is 6.07 Å². The Bertz CT molecular complexity index is 861. The van der Waals surface area contributed by atoms with Gasteiger partial charge in [-0.2, -0.15) is 0 Å². The Morgan fingerprint density at radius 1 is 1.20 bits per heavy atom. The molecule has 0 aromatic heterocycles. The molecule has 1 atom stereocenters. The smallest absolute Gasteiger partial charge is 0.251 e. The lowest BCUT2D eigenvalue weighted by molar-refractivity contribution is 0.0954. The number of carbonyl (C=O) groups is 1. The van der Waals surface area contributed by atoms with Gasteiger partial charge in [0.05, 0.1) is 19.7 Å². The van der Waals surface area contributed by atoms with E-state index in [1.54, 1.807) is 44.4 Å². The van der Waals surface area contributed by atoms with Gasteiger partial charge in [-0.05, 0) is 56.2 Å². The van der Waals surface area contributed by atoms with Crippen LogP contribution in [0, 0.1) is 12.7 Å². The number of hydrogen-bond acceptors (Lipinski definition) is 3. The molecule has 2 aromatic carbocycles. The summed E-state index contributed by atoms with van der Waals surface area (Å²) in [6.07, 6.45) is 0. The normalized spacial score (nSPS) is 11.8. The Balaban J connectivity index is 0.00000450. The molecule has 0 aliphatic heterocycles. The lowest BCUT2D eigenvalue weighted by Crippen LogP contribution is -2.39. The molecule has 0 heterocycles. The molecule has 3 N–H and O–H groups in total. The van der Waals surface area contributed by atoms with Gasteiger partial charge >= 0.3 is 0 Å². The second-order valence-electron chi connectivity index (χ2n) is 6.62. The first kappa shape index (κ1) is 25.7. The second kappa shape index (κ2) is 13.0. The van der Waals surface area contributed by atoms with Crippen LogP contribution in [0.4, 0.5) is 4.39 Å². The first-order valence-corrected chi connectivity index (χ1v) is 9.67. The molecule has 6 nitrogen and oxygen atoms in total. The topological polar surface area (TPSA) is 74.8 Å². The van der Waals surface area contributed by atoms with E-state index in [1.807, 2.05) is 19.9 Å². The van der Waals surface area contributed by atoms with Crippen LogP contribution < -0.4 is 20.7 Å². The Morgan fingerprint density at radius 3 is 2.63 bits per heavy atom. The van der Waals surface area contributed by atoms with Gasteiger partial charge in [-0.1, -0.05) is 18.2 Å². The van der Waals surface area contributed by atoms with E-state index in [9.17, 15) is 9.18 Å². The third-order valence-electron chi connectivity index (χ3n) is 4.39. The number of aliphatic imine (C=N–C) groups is 1. The first-order chi connectivity index (χ1) is 13.9. The summed E-state index contributed by atoms with van der Waals surface area (Å²) in [5.74, 6) is 0.839. The standard InChI is InChI=1S/C22H29FN4O2.HI/c1-5-24-22(27-16(3)17-10-9-15(2)20(23)14-17)26-12-11-25-21(28)18-7-6-8-19(13-18)29-4;/h6-10,13-14,16H,5,11-12H2,1-4H3,(H,25,28)(H2,24,26,27);1H. The third kappa shape index (κ3) is 7.81.